The van der Waals surface area contributed by atoms with E-state index in [1.165, 1.54) is 12.1 Å². The summed E-state index contributed by atoms with van der Waals surface area (Å²) in [6.45, 7) is 0.347. The Kier molecular flexibility index (Phi) is 3.94. The molecule has 0 unspecified atom stereocenters. The Balaban J connectivity index is 1.97. The third-order valence-corrected chi connectivity index (χ3v) is 2.75. The van der Waals surface area contributed by atoms with E-state index >= 15 is 0 Å². The van der Waals surface area contributed by atoms with Crippen molar-refractivity contribution in [3.05, 3.63) is 58.3 Å². The minimum atomic E-state index is -0.948. The molecule has 4 nitrogen and oxygen atoms in total. The quantitative estimate of drug-likeness (QED) is 0.943. The molecule has 0 aliphatic heterocycles. The summed E-state index contributed by atoms with van der Waals surface area (Å²) in [6, 6.07) is 10.0. The van der Waals surface area contributed by atoms with Gasteiger partial charge in [-0.3, -0.25) is 4.98 Å². The number of carbonyl (C=O) groups is 1. The van der Waals surface area contributed by atoms with Crippen LogP contribution in [0, 0.1) is 0 Å². The number of hydrogen-bond acceptors (Lipinski definition) is 3. The fraction of sp³-hybridized carbons (Fsp3) is 0.0769. The van der Waals surface area contributed by atoms with Gasteiger partial charge in [-0.15, -0.1) is 0 Å². The second-order valence-electron chi connectivity index (χ2n) is 3.59. The van der Waals surface area contributed by atoms with E-state index in [1.807, 2.05) is 12.1 Å². The molecule has 0 bridgehead atoms. The number of pyridine rings is 1. The first-order valence-electron chi connectivity index (χ1n) is 5.22. The van der Waals surface area contributed by atoms with Gasteiger partial charge in [-0.25, -0.2) is 4.79 Å². The average molecular weight is 308 g/mol. The Labute approximate surface area is 112 Å². The van der Waals surface area contributed by atoms with E-state index in [0.717, 1.165) is 10.2 Å². The van der Waals surface area contributed by atoms with Crippen LogP contribution in [0.4, 0.5) is 0 Å². The lowest BCUT2D eigenvalue weighted by atomic mass is 10.2. The van der Waals surface area contributed by atoms with E-state index in [1.54, 1.807) is 18.3 Å². The third kappa shape index (κ3) is 3.30. The summed E-state index contributed by atoms with van der Waals surface area (Å²) in [4.78, 5) is 14.8. The fourth-order valence-corrected chi connectivity index (χ4v) is 1.58. The first-order valence-corrected chi connectivity index (χ1v) is 6.01. The molecule has 0 radical (unpaired) electrons. The van der Waals surface area contributed by atoms with Gasteiger partial charge in [0, 0.05) is 10.7 Å². The number of aromatic carboxylic acids is 1. The van der Waals surface area contributed by atoms with Crippen LogP contribution in [0.3, 0.4) is 0 Å². The second-order valence-corrected chi connectivity index (χ2v) is 4.50. The molecule has 92 valence electrons. The molecule has 1 aromatic heterocycles. The van der Waals surface area contributed by atoms with Crippen LogP contribution in [-0.2, 0) is 6.61 Å². The highest BCUT2D eigenvalue weighted by atomic mass is 79.9. The molecular formula is C13H10BrNO3. The molecule has 2 rings (SSSR count). The van der Waals surface area contributed by atoms with Crippen LogP contribution in [0.2, 0.25) is 0 Å². The van der Waals surface area contributed by atoms with Crippen molar-refractivity contribution in [2.45, 2.75) is 6.61 Å². The number of aromatic nitrogens is 1. The van der Waals surface area contributed by atoms with Crippen LogP contribution in [0.15, 0.2) is 47.1 Å². The Morgan fingerprint density at radius 1 is 1.22 bits per heavy atom. The number of nitrogens with zero attached hydrogens (tertiary/aromatic N) is 1. The highest BCUT2D eigenvalue weighted by molar-refractivity contribution is 9.10. The molecular weight excluding hydrogens is 298 g/mol. The van der Waals surface area contributed by atoms with Gasteiger partial charge in [0.15, 0.2) is 0 Å². The SMILES string of the molecule is O=C(O)c1ccc(OCc2ccc(Br)cn2)cc1. The van der Waals surface area contributed by atoms with Crippen molar-refractivity contribution in [3.8, 4) is 5.75 Å². The fourth-order valence-electron chi connectivity index (χ4n) is 1.34. The number of carboxylic acid groups (broad SMARTS) is 1. The summed E-state index contributed by atoms with van der Waals surface area (Å²) in [5.41, 5.74) is 1.05. The van der Waals surface area contributed by atoms with Gasteiger partial charge >= 0.3 is 5.97 Å². The van der Waals surface area contributed by atoms with Gasteiger partial charge in [0.1, 0.15) is 12.4 Å². The first kappa shape index (κ1) is 12.6. The van der Waals surface area contributed by atoms with Crippen molar-refractivity contribution >= 4 is 21.9 Å². The smallest absolute Gasteiger partial charge is 0.335 e. The Morgan fingerprint density at radius 3 is 2.50 bits per heavy atom. The third-order valence-electron chi connectivity index (χ3n) is 2.28. The molecule has 0 aliphatic carbocycles. The molecule has 1 heterocycles. The second kappa shape index (κ2) is 5.64. The monoisotopic (exact) mass is 307 g/mol. The lowest BCUT2D eigenvalue weighted by molar-refractivity contribution is 0.0697. The van der Waals surface area contributed by atoms with Crippen molar-refractivity contribution < 1.29 is 14.6 Å². The maximum Gasteiger partial charge on any atom is 0.335 e. The van der Waals surface area contributed by atoms with Gasteiger partial charge in [-0.2, -0.15) is 0 Å². The van der Waals surface area contributed by atoms with Crippen molar-refractivity contribution in [1.82, 2.24) is 4.98 Å². The lowest BCUT2D eigenvalue weighted by Gasteiger charge is -2.05. The number of hydrogen-bond donors (Lipinski definition) is 1. The first-order chi connectivity index (χ1) is 8.65. The van der Waals surface area contributed by atoms with Crippen LogP contribution >= 0.6 is 15.9 Å². The average Bonchev–Trinajstić information content (AvgIpc) is 2.38. The molecule has 0 atom stereocenters. The molecule has 0 amide bonds. The molecule has 0 spiro atoms. The summed E-state index contributed by atoms with van der Waals surface area (Å²) in [6.07, 6.45) is 1.70. The number of carboxylic acids is 1. The van der Waals surface area contributed by atoms with Crippen molar-refractivity contribution in [3.63, 3.8) is 0 Å². The molecule has 18 heavy (non-hydrogen) atoms. The van der Waals surface area contributed by atoms with Gasteiger partial charge in [0.25, 0.3) is 0 Å². The highest BCUT2D eigenvalue weighted by Crippen LogP contribution is 2.14. The summed E-state index contributed by atoms with van der Waals surface area (Å²) in [5, 5.41) is 8.75. The Morgan fingerprint density at radius 2 is 1.94 bits per heavy atom. The summed E-state index contributed by atoms with van der Waals surface area (Å²) < 4.78 is 6.41. The maximum atomic E-state index is 10.7. The molecule has 0 saturated carbocycles. The summed E-state index contributed by atoms with van der Waals surface area (Å²) in [5.74, 6) is -0.333. The zero-order valence-corrected chi connectivity index (χ0v) is 10.9. The predicted octanol–water partition coefficient (Wildman–Crippen LogP) is 3.12. The van der Waals surface area contributed by atoms with Crippen LogP contribution < -0.4 is 4.74 Å². The van der Waals surface area contributed by atoms with Crippen LogP contribution in [0.1, 0.15) is 16.1 Å². The Bertz CT molecular complexity index is 537. The van der Waals surface area contributed by atoms with Gasteiger partial charge < -0.3 is 9.84 Å². The minimum Gasteiger partial charge on any atom is -0.487 e. The topological polar surface area (TPSA) is 59.4 Å². The zero-order chi connectivity index (χ0) is 13.0. The van der Waals surface area contributed by atoms with Gasteiger partial charge in [-0.05, 0) is 52.3 Å². The molecule has 2 aromatic rings. The normalized spacial score (nSPS) is 10.1. The number of halogens is 1. The largest absolute Gasteiger partial charge is 0.487 e. The zero-order valence-electron chi connectivity index (χ0n) is 9.34. The highest BCUT2D eigenvalue weighted by Gasteiger charge is 2.02. The van der Waals surface area contributed by atoms with E-state index in [0.29, 0.717) is 12.4 Å². The number of ether oxygens (including phenoxy) is 1. The standard InChI is InChI=1S/C13H10BrNO3/c14-10-3-4-11(15-7-10)8-18-12-5-1-9(2-6-12)13(16)17/h1-7H,8H2,(H,16,17). The summed E-state index contributed by atoms with van der Waals surface area (Å²) >= 11 is 3.30. The lowest BCUT2D eigenvalue weighted by Crippen LogP contribution is -1.99. The van der Waals surface area contributed by atoms with Gasteiger partial charge in [-0.1, -0.05) is 0 Å². The van der Waals surface area contributed by atoms with E-state index in [4.69, 9.17) is 9.84 Å². The number of benzene rings is 1. The van der Waals surface area contributed by atoms with E-state index in [9.17, 15) is 4.79 Å². The molecule has 1 aromatic carbocycles. The molecule has 5 heteroatoms. The van der Waals surface area contributed by atoms with E-state index in [-0.39, 0.29) is 5.56 Å². The maximum absolute atomic E-state index is 10.7. The minimum absolute atomic E-state index is 0.240. The van der Waals surface area contributed by atoms with Crippen LogP contribution in [0.5, 0.6) is 5.75 Å². The Hall–Kier alpha value is -1.88. The van der Waals surface area contributed by atoms with Gasteiger partial charge in [0.05, 0.1) is 11.3 Å². The molecule has 1 N–H and O–H groups in total. The van der Waals surface area contributed by atoms with Crippen molar-refractivity contribution in [2.75, 3.05) is 0 Å². The molecule has 0 aliphatic rings. The van der Waals surface area contributed by atoms with E-state index < -0.39 is 5.97 Å². The van der Waals surface area contributed by atoms with Crippen molar-refractivity contribution in [1.29, 1.82) is 0 Å². The summed E-state index contributed by atoms with van der Waals surface area (Å²) in [7, 11) is 0. The van der Waals surface area contributed by atoms with Crippen molar-refractivity contribution in [2.24, 2.45) is 0 Å². The van der Waals surface area contributed by atoms with Crippen LogP contribution in [0.25, 0.3) is 0 Å². The molecule has 0 saturated heterocycles. The predicted molar refractivity (Wildman–Crippen MR) is 69.7 cm³/mol. The molecule has 0 fully saturated rings. The number of rotatable bonds is 4. The van der Waals surface area contributed by atoms with Gasteiger partial charge in [0.2, 0.25) is 0 Å². The van der Waals surface area contributed by atoms with E-state index in [2.05, 4.69) is 20.9 Å². The van der Waals surface area contributed by atoms with Crippen LogP contribution in [-0.4, -0.2) is 16.1 Å².